The van der Waals surface area contributed by atoms with Crippen molar-refractivity contribution in [2.24, 2.45) is 0 Å². The van der Waals surface area contributed by atoms with Gasteiger partial charge in [0.25, 0.3) is 0 Å². The second kappa shape index (κ2) is 10.5. The molecule has 0 fully saturated rings. The summed E-state index contributed by atoms with van der Waals surface area (Å²) < 4.78 is 6.57. The van der Waals surface area contributed by atoms with Gasteiger partial charge in [-0.1, -0.05) is 31.2 Å². The normalized spacial score (nSPS) is 9.91. The van der Waals surface area contributed by atoms with Gasteiger partial charge in [0.05, 0.1) is 11.9 Å². The molecule has 1 aromatic heterocycles. The Morgan fingerprint density at radius 1 is 1.26 bits per heavy atom. The van der Waals surface area contributed by atoms with E-state index in [1.54, 1.807) is 10.9 Å². The Labute approximate surface area is 137 Å². The molecule has 1 aromatic carbocycles. The molecular weight excluding hydrogens is 292 g/mol. The van der Waals surface area contributed by atoms with Crippen LogP contribution in [-0.2, 0) is 22.6 Å². The summed E-state index contributed by atoms with van der Waals surface area (Å²) in [5.74, 6) is -0.324. The summed E-state index contributed by atoms with van der Waals surface area (Å²) in [7, 11) is 1.96. The molecule has 1 heterocycles. The maximum Gasteiger partial charge on any atom is 0.303 e. The summed E-state index contributed by atoms with van der Waals surface area (Å²) in [5.41, 5.74) is 2.87. The molecule has 0 saturated heterocycles. The van der Waals surface area contributed by atoms with Crippen LogP contribution in [0.5, 0.6) is 0 Å². The number of nitrogens with one attached hydrogen (secondary N) is 1. The number of benzene rings is 1. The van der Waals surface area contributed by atoms with Crippen LogP contribution in [0.1, 0.15) is 38.4 Å². The molecule has 2 rings (SSSR count). The van der Waals surface area contributed by atoms with Crippen LogP contribution in [0.4, 0.5) is 0 Å². The maximum absolute atomic E-state index is 10.8. The minimum atomic E-state index is -0.324. The van der Waals surface area contributed by atoms with Gasteiger partial charge in [-0.3, -0.25) is 4.79 Å². The van der Waals surface area contributed by atoms with E-state index in [0.29, 0.717) is 5.69 Å². The predicted octanol–water partition coefficient (Wildman–Crippen LogP) is 2.51. The van der Waals surface area contributed by atoms with Crippen LogP contribution in [0.15, 0.2) is 30.5 Å². The number of esters is 1. The van der Waals surface area contributed by atoms with Gasteiger partial charge in [-0.2, -0.15) is 0 Å². The molecule has 1 N–H and O–H groups in total. The van der Waals surface area contributed by atoms with Gasteiger partial charge in [0, 0.05) is 6.92 Å². The second-order valence-electron chi connectivity index (χ2n) is 4.81. The van der Waals surface area contributed by atoms with E-state index in [2.05, 4.69) is 27.8 Å². The maximum atomic E-state index is 10.8. The summed E-state index contributed by atoms with van der Waals surface area (Å²) in [6.07, 6.45) is 3.93. The number of rotatable bonds is 7. The molecule has 2 aromatic rings. The average Bonchev–Trinajstić information content (AvgIpc) is 3.05. The van der Waals surface area contributed by atoms with E-state index in [1.807, 2.05) is 33.0 Å². The van der Waals surface area contributed by atoms with Crippen molar-refractivity contribution < 1.29 is 9.53 Å². The van der Waals surface area contributed by atoms with Gasteiger partial charge in [0.2, 0.25) is 0 Å². The van der Waals surface area contributed by atoms with E-state index < -0.39 is 0 Å². The van der Waals surface area contributed by atoms with Crippen LogP contribution in [0.25, 0.3) is 5.69 Å². The first kappa shape index (κ1) is 18.8. The van der Waals surface area contributed by atoms with Crippen molar-refractivity contribution in [3.8, 4) is 5.69 Å². The minimum absolute atomic E-state index is 0.150. The molecule has 126 valence electrons. The molecule has 6 nitrogen and oxygen atoms in total. The Kier molecular flexibility index (Phi) is 8.60. The van der Waals surface area contributed by atoms with Crippen molar-refractivity contribution in [2.75, 3.05) is 13.6 Å². The summed E-state index contributed by atoms with van der Waals surface area (Å²) in [6, 6.07) is 8.22. The van der Waals surface area contributed by atoms with Crippen LogP contribution >= 0.6 is 0 Å². The van der Waals surface area contributed by atoms with Gasteiger partial charge in [0.1, 0.15) is 12.3 Å². The number of carbonyl (C=O) groups excluding carboxylic acids is 1. The van der Waals surface area contributed by atoms with Gasteiger partial charge < -0.3 is 10.1 Å². The molecule has 0 radical (unpaired) electrons. The topological polar surface area (TPSA) is 69.0 Å². The number of ether oxygens (including phenoxy) is 1. The zero-order valence-electron chi connectivity index (χ0n) is 14.4. The largest absolute Gasteiger partial charge is 0.459 e. The smallest absolute Gasteiger partial charge is 0.303 e. The number of nitrogens with zero attached hydrogens (tertiary/aromatic N) is 3. The summed E-state index contributed by atoms with van der Waals surface area (Å²) in [5, 5.41) is 11.1. The van der Waals surface area contributed by atoms with Gasteiger partial charge in [-0.15, -0.1) is 5.10 Å². The van der Waals surface area contributed by atoms with E-state index in [0.717, 1.165) is 25.1 Å². The van der Waals surface area contributed by atoms with Crippen molar-refractivity contribution in [3.05, 3.63) is 41.7 Å². The molecule has 0 aliphatic heterocycles. The lowest BCUT2D eigenvalue weighted by Gasteiger charge is -2.04. The Morgan fingerprint density at radius 2 is 1.96 bits per heavy atom. The van der Waals surface area contributed by atoms with Crippen molar-refractivity contribution >= 4 is 5.97 Å². The quantitative estimate of drug-likeness (QED) is 0.627. The zero-order chi connectivity index (χ0) is 17.1. The second-order valence-corrected chi connectivity index (χ2v) is 4.81. The summed E-state index contributed by atoms with van der Waals surface area (Å²) in [4.78, 5) is 10.8. The SMILES string of the molecule is CC.CNCCCc1ccc(-n2cc(COC(C)=O)nn2)cc1. The highest BCUT2D eigenvalue weighted by atomic mass is 16.5. The standard InChI is InChI=1S/C15H20N4O2.C2H6/c1-12(20)21-11-14-10-19(18-17-14)15-7-5-13(6-8-15)4-3-9-16-2;1-2/h5-8,10,16H,3-4,9,11H2,1-2H3;1-2H3. The third-order valence-corrected chi connectivity index (χ3v) is 3.06. The monoisotopic (exact) mass is 318 g/mol. The fraction of sp³-hybridized carbons (Fsp3) is 0.471. The number of aromatic nitrogens is 3. The number of carbonyl (C=O) groups is 1. The fourth-order valence-electron chi connectivity index (χ4n) is 1.95. The van der Waals surface area contributed by atoms with Crippen LogP contribution < -0.4 is 5.32 Å². The van der Waals surface area contributed by atoms with Gasteiger partial charge >= 0.3 is 5.97 Å². The highest BCUT2D eigenvalue weighted by Gasteiger charge is 2.04. The van der Waals surface area contributed by atoms with Gasteiger partial charge in [-0.25, -0.2) is 4.68 Å². The fourth-order valence-corrected chi connectivity index (χ4v) is 1.95. The molecule has 0 unspecified atom stereocenters. The number of hydrogen-bond acceptors (Lipinski definition) is 5. The first-order valence-electron chi connectivity index (χ1n) is 7.97. The Hall–Kier alpha value is -2.21. The molecule has 0 aliphatic carbocycles. The average molecular weight is 318 g/mol. The highest BCUT2D eigenvalue weighted by molar-refractivity contribution is 5.65. The first-order valence-corrected chi connectivity index (χ1v) is 7.97. The lowest BCUT2D eigenvalue weighted by molar-refractivity contribution is -0.142. The van der Waals surface area contributed by atoms with Gasteiger partial charge in [-0.05, 0) is 44.1 Å². The minimum Gasteiger partial charge on any atom is -0.459 e. The Balaban J connectivity index is 0.00000127. The lowest BCUT2D eigenvalue weighted by atomic mass is 10.1. The van der Waals surface area contributed by atoms with Crippen LogP contribution in [0, 0.1) is 0 Å². The summed E-state index contributed by atoms with van der Waals surface area (Å²) in [6.45, 7) is 6.54. The third kappa shape index (κ3) is 6.61. The van der Waals surface area contributed by atoms with Crippen LogP contribution in [0.3, 0.4) is 0 Å². The van der Waals surface area contributed by atoms with Crippen LogP contribution in [-0.4, -0.2) is 34.6 Å². The zero-order valence-corrected chi connectivity index (χ0v) is 14.4. The molecule has 0 saturated carbocycles. The number of aryl methyl sites for hydroxylation is 1. The molecule has 6 heteroatoms. The molecule has 0 amide bonds. The van der Waals surface area contributed by atoms with E-state index >= 15 is 0 Å². The van der Waals surface area contributed by atoms with E-state index in [4.69, 9.17) is 4.74 Å². The van der Waals surface area contributed by atoms with Crippen molar-refractivity contribution in [2.45, 2.75) is 40.2 Å². The molecule has 0 aliphatic rings. The van der Waals surface area contributed by atoms with E-state index in [1.165, 1.54) is 12.5 Å². The predicted molar refractivity (Wildman–Crippen MR) is 90.4 cm³/mol. The van der Waals surface area contributed by atoms with Gasteiger partial charge in [0.15, 0.2) is 0 Å². The van der Waals surface area contributed by atoms with Crippen molar-refractivity contribution in [3.63, 3.8) is 0 Å². The van der Waals surface area contributed by atoms with Crippen molar-refractivity contribution in [1.82, 2.24) is 20.3 Å². The molecule has 0 spiro atoms. The number of hydrogen-bond donors (Lipinski definition) is 1. The Morgan fingerprint density at radius 3 is 2.57 bits per heavy atom. The van der Waals surface area contributed by atoms with Crippen molar-refractivity contribution in [1.29, 1.82) is 0 Å². The molecule has 0 bridgehead atoms. The Bertz CT molecular complexity index is 579. The van der Waals surface area contributed by atoms with E-state index in [9.17, 15) is 4.79 Å². The first-order chi connectivity index (χ1) is 11.2. The molecule has 0 atom stereocenters. The third-order valence-electron chi connectivity index (χ3n) is 3.06. The molecule has 23 heavy (non-hydrogen) atoms. The highest BCUT2D eigenvalue weighted by Crippen LogP contribution is 2.11. The summed E-state index contributed by atoms with van der Waals surface area (Å²) >= 11 is 0. The van der Waals surface area contributed by atoms with E-state index in [-0.39, 0.29) is 12.6 Å². The van der Waals surface area contributed by atoms with Crippen LogP contribution in [0.2, 0.25) is 0 Å². The lowest BCUT2D eigenvalue weighted by Crippen LogP contribution is -2.08. The molecular formula is C17H26N4O2.